The molecule has 2 aromatic rings. The number of carbonyl (C=O) groups is 1. The van der Waals surface area contributed by atoms with Crippen molar-refractivity contribution in [1.82, 2.24) is 20.5 Å². The van der Waals surface area contributed by atoms with Crippen molar-refractivity contribution in [2.45, 2.75) is 25.8 Å². The summed E-state index contributed by atoms with van der Waals surface area (Å²) in [7, 11) is 1.75. The van der Waals surface area contributed by atoms with Gasteiger partial charge in [0.1, 0.15) is 23.9 Å². The number of para-hydroxylation sites is 1. The Labute approximate surface area is 210 Å². The van der Waals surface area contributed by atoms with Crippen molar-refractivity contribution in [3.63, 3.8) is 0 Å². The number of anilines is 1. The van der Waals surface area contributed by atoms with Crippen LogP contribution in [0.5, 0.6) is 0 Å². The number of pyridine rings is 1. The summed E-state index contributed by atoms with van der Waals surface area (Å²) in [5.41, 5.74) is 0.936. The first-order chi connectivity index (χ1) is 15.5. The van der Waals surface area contributed by atoms with Gasteiger partial charge in [-0.1, -0.05) is 12.1 Å². The summed E-state index contributed by atoms with van der Waals surface area (Å²) in [5, 5.41) is 6.41. The molecule has 1 aromatic heterocycles. The number of aromatic nitrogens is 1. The van der Waals surface area contributed by atoms with Crippen molar-refractivity contribution in [1.29, 1.82) is 0 Å². The van der Waals surface area contributed by atoms with E-state index in [0.717, 1.165) is 5.69 Å². The molecule has 0 radical (unpaired) electrons. The van der Waals surface area contributed by atoms with E-state index < -0.39 is 11.6 Å². The van der Waals surface area contributed by atoms with Gasteiger partial charge < -0.3 is 20.4 Å². The molecule has 7 nitrogen and oxygen atoms in total. The van der Waals surface area contributed by atoms with Gasteiger partial charge in [0.15, 0.2) is 5.96 Å². The van der Waals surface area contributed by atoms with Gasteiger partial charge in [-0.05, 0) is 37.6 Å². The fourth-order valence-electron chi connectivity index (χ4n) is 3.61. The van der Waals surface area contributed by atoms with Gasteiger partial charge in [-0.15, -0.1) is 24.0 Å². The zero-order chi connectivity index (χ0) is 22.9. The molecular weight excluding hydrogens is 541 g/mol. The maximum absolute atomic E-state index is 14.1. The van der Waals surface area contributed by atoms with Gasteiger partial charge in [0, 0.05) is 57.6 Å². The molecule has 3 rings (SSSR count). The fourth-order valence-corrected chi connectivity index (χ4v) is 3.61. The van der Waals surface area contributed by atoms with Crippen LogP contribution >= 0.6 is 24.0 Å². The van der Waals surface area contributed by atoms with E-state index in [1.165, 1.54) is 18.2 Å². The first-order valence-electron chi connectivity index (χ1n) is 10.9. The van der Waals surface area contributed by atoms with Crippen LogP contribution in [0.4, 0.5) is 14.5 Å². The molecule has 33 heavy (non-hydrogen) atoms. The molecule has 0 spiro atoms. The molecule has 1 atom stereocenters. The second-order valence-electron chi connectivity index (χ2n) is 7.73. The lowest BCUT2D eigenvalue weighted by Crippen LogP contribution is -2.45. The minimum absolute atomic E-state index is 0. The van der Waals surface area contributed by atoms with Crippen molar-refractivity contribution >= 4 is 41.5 Å². The highest BCUT2D eigenvalue weighted by Crippen LogP contribution is 2.26. The number of rotatable bonds is 8. The molecule has 0 aliphatic carbocycles. The summed E-state index contributed by atoms with van der Waals surface area (Å²) in [5.74, 6) is -0.712. The van der Waals surface area contributed by atoms with Crippen LogP contribution in [0.1, 0.15) is 19.0 Å². The monoisotopic (exact) mass is 572 g/mol. The van der Waals surface area contributed by atoms with Gasteiger partial charge >= 0.3 is 0 Å². The molecule has 2 N–H and O–H groups in total. The number of hydrogen-bond acceptors (Lipinski definition) is 4. The van der Waals surface area contributed by atoms with E-state index in [4.69, 9.17) is 0 Å². The lowest BCUT2D eigenvalue weighted by molar-refractivity contribution is -0.128. The summed E-state index contributed by atoms with van der Waals surface area (Å²) in [6, 6.07) is 9.57. The maximum Gasteiger partial charge on any atom is 0.244 e. The number of halogens is 3. The highest BCUT2D eigenvalue weighted by atomic mass is 127. The average molecular weight is 572 g/mol. The van der Waals surface area contributed by atoms with Crippen molar-refractivity contribution in [3.8, 4) is 0 Å². The smallest absolute Gasteiger partial charge is 0.244 e. The number of amides is 1. The summed E-state index contributed by atoms with van der Waals surface area (Å²) >= 11 is 0. The second-order valence-corrected chi connectivity index (χ2v) is 7.73. The number of nitrogens with zero attached hydrogens (tertiary/aromatic N) is 4. The standard InChI is InChI=1S/C23H30F2N6O.HI/c1-3-26-23(28-15-21(32)30(2)13-10-17-7-4-5-12-27-17)29-18-11-14-31(16-18)22-19(24)8-6-9-20(22)25;/h4-9,12,18H,3,10-11,13-16H2,1-2H3,(H2,26,28,29);1H. The van der Waals surface area contributed by atoms with Gasteiger partial charge in [-0.25, -0.2) is 13.8 Å². The van der Waals surface area contributed by atoms with E-state index >= 15 is 0 Å². The van der Waals surface area contributed by atoms with Gasteiger partial charge in [-0.3, -0.25) is 9.78 Å². The Hall–Kier alpha value is -2.50. The van der Waals surface area contributed by atoms with Crippen LogP contribution in [0.15, 0.2) is 47.6 Å². The van der Waals surface area contributed by atoms with Crippen molar-refractivity contribution < 1.29 is 13.6 Å². The summed E-state index contributed by atoms with van der Waals surface area (Å²) in [6.07, 6.45) is 3.12. The topological polar surface area (TPSA) is 72.9 Å². The molecule has 10 heteroatoms. The fraction of sp³-hybridized carbons (Fsp3) is 0.435. The number of guanidine groups is 1. The third-order valence-electron chi connectivity index (χ3n) is 5.35. The Balaban J connectivity index is 0.00000385. The van der Waals surface area contributed by atoms with Crippen LogP contribution in [0.2, 0.25) is 0 Å². The molecule has 1 aliphatic heterocycles. The van der Waals surface area contributed by atoms with Gasteiger partial charge in [0.2, 0.25) is 5.91 Å². The Morgan fingerprint density at radius 2 is 2.00 bits per heavy atom. The van der Waals surface area contributed by atoms with E-state index in [9.17, 15) is 13.6 Å². The Bertz CT molecular complexity index is 910. The zero-order valence-electron chi connectivity index (χ0n) is 18.9. The van der Waals surface area contributed by atoms with Gasteiger partial charge in [0.05, 0.1) is 0 Å². The predicted molar refractivity (Wildman–Crippen MR) is 137 cm³/mol. The first kappa shape index (κ1) is 26.7. The van der Waals surface area contributed by atoms with Crippen LogP contribution in [0, 0.1) is 11.6 Å². The molecule has 2 heterocycles. The molecule has 1 aliphatic rings. The van der Waals surface area contributed by atoms with Gasteiger partial charge in [-0.2, -0.15) is 0 Å². The molecular formula is C23H31F2IN6O. The Morgan fingerprint density at radius 1 is 1.24 bits per heavy atom. The normalized spacial score (nSPS) is 15.7. The molecule has 1 fully saturated rings. The number of carbonyl (C=O) groups excluding carboxylic acids is 1. The Kier molecular flexibility index (Phi) is 10.8. The van der Waals surface area contributed by atoms with E-state index in [-0.39, 0.29) is 48.2 Å². The van der Waals surface area contributed by atoms with E-state index in [1.807, 2.05) is 25.1 Å². The molecule has 0 saturated carbocycles. The number of likely N-dealkylation sites (N-methyl/N-ethyl adjacent to an activating group) is 1. The van der Waals surface area contributed by atoms with E-state index in [2.05, 4.69) is 20.6 Å². The highest BCUT2D eigenvalue weighted by molar-refractivity contribution is 14.0. The van der Waals surface area contributed by atoms with Crippen LogP contribution in [0.25, 0.3) is 0 Å². The van der Waals surface area contributed by atoms with E-state index in [0.29, 0.717) is 45.0 Å². The predicted octanol–water partition coefficient (Wildman–Crippen LogP) is 2.81. The molecule has 0 bridgehead atoms. The maximum atomic E-state index is 14.1. The summed E-state index contributed by atoms with van der Waals surface area (Å²) in [6.45, 7) is 4.11. The molecule has 1 amide bonds. The van der Waals surface area contributed by atoms with Crippen LogP contribution in [-0.4, -0.2) is 67.6 Å². The summed E-state index contributed by atoms with van der Waals surface area (Å²) < 4.78 is 28.2. The number of nitrogens with one attached hydrogen (secondary N) is 2. The first-order valence-corrected chi connectivity index (χ1v) is 10.9. The van der Waals surface area contributed by atoms with Crippen LogP contribution in [-0.2, 0) is 11.2 Å². The quantitative estimate of drug-likeness (QED) is 0.289. The molecule has 1 saturated heterocycles. The van der Waals surface area contributed by atoms with Crippen LogP contribution in [0.3, 0.4) is 0 Å². The third-order valence-corrected chi connectivity index (χ3v) is 5.35. The second kappa shape index (κ2) is 13.3. The van der Waals surface area contributed by atoms with Crippen LogP contribution < -0.4 is 15.5 Å². The molecule has 1 unspecified atom stereocenters. The van der Waals surface area contributed by atoms with Crippen molar-refractivity contribution in [3.05, 3.63) is 59.9 Å². The molecule has 1 aromatic carbocycles. The average Bonchev–Trinajstić information content (AvgIpc) is 3.24. The van der Waals surface area contributed by atoms with Gasteiger partial charge in [0.25, 0.3) is 0 Å². The third kappa shape index (κ3) is 7.79. The van der Waals surface area contributed by atoms with Crippen molar-refractivity contribution in [2.75, 3.05) is 44.7 Å². The number of aliphatic imine (C=N–C) groups is 1. The Morgan fingerprint density at radius 3 is 2.67 bits per heavy atom. The lowest BCUT2D eigenvalue weighted by Gasteiger charge is -2.21. The SMILES string of the molecule is CCNC(=NCC(=O)N(C)CCc1ccccn1)NC1CCN(c2c(F)cccc2F)C1.I. The number of benzene rings is 1. The minimum Gasteiger partial charge on any atom is -0.365 e. The largest absolute Gasteiger partial charge is 0.365 e. The molecule has 180 valence electrons. The van der Waals surface area contributed by atoms with Crippen molar-refractivity contribution in [2.24, 2.45) is 4.99 Å². The lowest BCUT2D eigenvalue weighted by atomic mass is 10.2. The minimum atomic E-state index is -0.564. The zero-order valence-corrected chi connectivity index (χ0v) is 21.3. The van der Waals surface area contributed by atoms with E-state index in [1.54, 1.807) is 23.0 Å². The summed E-state index contributed by atoms with van der Waals surface area (Å²) in [4.78, 5) is 24.5. The number of hydrogen-bond donors (Lipinski definition) is 2. The highest BCUT2D eigenvalue weighted by Gasteiger charge is 2.27.